The number of carbonyl (C=O) groups is 1. The fourth-order valence-electron chi connectivity index (χ4n) is 3.13. The van der Waals surface area contributed by atoms with Gasteiger partial charge in [-0.3, -0.25) is 4.79 Å². The van der Waals surface area contributed by atoms with Crippen LogP contribution < -0.4 is 10.2 Å². The van der Waals surface area contributed by atoms with Crippen molar-refractivity contribution >= 4 is 38.4 Å². The lowest BCUT2D eigenvalue weighted by Gasteiger charge is -2.35. The standard InChI is InChI=1S/C17H19N5OS/c1-17(9-18)6-2-8-22(10-17)16-20-12-5-7-19-14(13(12)24-16)21-15(23)11-3-4-11/h5,7,11H,2-4,6,8,10H2,1H3,(H,19,21,23)/t17-/m1/s1. The number of pyridine rings is 1. The van der Waals surface area contributed by atoms with E-state index >= 15 is 0 Å². The Labute approximate surface area is 144 Å². The van der Waals surface area contributed by atoms with Crippen molar-refractivity contribution in [1.29, 1.82) is 5.26 Å². The summed E-state index contributed by atoms with van der Waals surface area (Å²) in [5, 5.41) is 13.2. The minimum absolute atomic E-state index is 0.0555. The van der Waals surface area contributed by atoms with Gasteiger partial charge >= 0.3 is 0 Å². The van der Waals surface area contributed by atoms with Gasteiger partial charge in [-0.1, -0.05) is 11.3 Å². The first kappa shape index (κ1) is 15.3. The summed E-state index contributed by atoms with van der Waals surface area (Å²) >= 11 is 1.54. The lowest BCUT2D eigenvalue weighted by atomic mass is 9.84. The summed E-state index contributed by atoms with van der Waals surface area (Å²) < 4.78 is 0.908. The minimum atomic E-state index is -0.322. The Morgan fingerprint density at radius 2 is 2.38 bits per heavy atom. The van der Waals surface area contributed by atoms with Crippen LogP contribution in [0.3, 0.4) is 0 Å². The molecule has 0 aromatic carbocycles. The number of fused-ring (bicyclic) bond motifs is 1. The molecule has 2 fully saturated rings. The van der Waals surface area contributed by atoms with Crippen LogP contribution in [0.1, 0.15) is 32.6 Å². The zero-order valence-electron chi connectivity index (χ0n) is 13.6. The SMILES string of the molecule is C[C@]1(C#N)CCCN(c2nc3ccnc(NC(=O)C4CC4)c3s2)C1. The molecule has 1 saturated carbocycles. The van der Waals surface area contributed by atoms with Crippen molar-refractivity contribution < 1.29 is 4.79 Å². The highest BCUT2D eigenvalue weighted by Crippen LogP contribution is 2.38. The quantitative estimate of drug-likeness (QED) is 0.927. The van der Waals surface area contributed by atoms with E-state index in [4.69, 9.17) is 4.98 Å². The first-order valence-electron chi connectivity index (χ1n) is 8.31. The predicted molar refractivity (Wildman–Crippen MR) is 93.9 cm³/mol. The maximum absolute atomic E-state index is 12.0. The number of nitriles is 1. The molecule has 3 heterocycles. The Kier molecular flexibility index (Phi) is 3.65. The van der Waals surface area contributed by atoms with Gasteiger partial charge in [0.15, 0.2) is 10.9 Å². The van der Waals surface area contributed by atoms with E-state index in [0.29, 0.717) is 12.4 Å². The van der Waals surface area contributed by atoms with Crippen molar-refractivity contribution in [3.05, 3.63) is 12.3 Å². The van der Waals surface area contributed by atoms with E-state index in [1.807, 2.05) is 13.0 Å². The second-order valence-corrected chi connectivity index (χ2v) is 7.94. The third-order valence-electron chi connectivity index (χ3n) is 4.72. The van der Waals surface area contributed by atoms with E-state index in [9.17, 15) is 10.1 Å². The van der Waals surface area contributed by atoms with E-state index < -0.39 is 0 Å². The van der Waals surface area contributed by atoms with Gasteiger partial charge in [-0.15, -0.1) is 0 Å². The van der Waals surface area contributed by atoms with Crippen LogP contribution in [-0.4, -0.2) is 29.0 Å². The second kappa shape index (κ2) is 5.71. The molecule has 124 valence electrons. The van der Waals surface area contributed by atoms with E-state index in [-0.39, 0.29) is 17.2 Å². The number of carbonyl (C=O) groups excluding carboxylic acids is 1. The van der Waals surface area contributed by atoms with Gasteiger partial charge in [-0.05, 0) is 38.7 Å². The van der Waals surface area contributed by atoms with Crippen molar-refractivity contribution in [2.75, 3.05) is 23.3 Å². The summed E-state index contributed by atoms with van der Waals surface area (Å²) in [7, 11) is 0. The van der Waals surface area contributed by atoms with Gasteiger partial charge in [0.05, 0.1) is 21.7 Å². The molecule has 2 aliphatic rings. The molecule has 0 spiro atoms. The zero-order valence-corrected chi connectivity index (χ0v) is 14.4. The molecular formula is C17H19N5OS. The van der Waals surface area contributed by atoms with Crippen LogP contribution in [0.25, 0.3) is 10.2 Å². The second-order valence-electron chi connectivity index (χ2n) is 6.97. The summed E-state index contributed by atoms with van der Waals surface area (Å²) in [5.41, 5.74) is 0.525. The molecule has 0 bridgehead atoms. The molecule has 1 amide bonds. The van der Waals surface area contributed by atoms with E-state index in [0.717, 1.165) is 47.6 Å². The number of nitrogens with zero attached hydrogens (tertiary/aromatic N) is 4. The topological polar surface area (TPSA) is 81.9 Å². The van der Waals surface area contributed by atoms with Gasteiger partial charge in [-0.2, -0.15) is 5.26 Å². The van der Waals surface area contributed by atoms with Crippen LogP contribution in [0, 0.1) is 22.7 Å². The summed E-state index contributed by atoms with van der Waals surface area (Å²) in [5.74, 6) is 0.807. The smallest absolute Gasteiger partial charge is 0.228 e. The van der Waals surface area contributed by atoms with Crippen molar-refractivity contribution in [2.24, 2.45) is 11.3 Å². The first-order valence-corrected chi connectivity index (χ1v) is 9.12. The predicted octanol–water partition coefficient (Wildman–Crippen LogP) is 3.17. The Hall–Kier alpha value is -2.20. The number of hydrogen-bond acceptors (Lipinski definition) is 6. The number of piperidine rings is 1. The number of aromatic nitrogens is 2. The lowest BCUT2D eigenvalue weighted by Crippen LogP contribution is -2.40. The monoisotopic (exact) mass is 341 g/mol. The van der Waals surface area contributed by atoms with Crippen molar-refractivity contribution in [1.82, 2.24) is 9.97 Å². The van der Waals surface area contributed by atoms with E-state index in [1.165, 1.54) is 0 Å². The molecule has 7 heteroatoms. The summed E-state index contributed by atoms with van der Waals surface area (Å²) in [6, 6.07) is 4.31. The molecule has 1 aliphatic carbocycles. The number of nitrogens with one attached hydrogen (secondary N) is 1. The van der Waals surface area contributed by atoms with Crippen molar-refractivity contribution in [2.45, 2.75) is 32.6 Å². The first-order chi connectivity index (χ1) is 11.6. The van der Waals surface area contributed by atoms with Gasteiger partial charge in [0.2, 0.25) is 5.91 Å². The highest BCUT2D eigenvalue weighted by atomic mass is 32.1. The average molecular weight is 341 g/mol. The number of rotatable bonds is 3. The molecule has 1 saturated heterocycles. The van der Waals surface area contributed by atoms with Crippen LogP contribution in [0.15, 0.2) is 12.3 Å². The van der Waals surface area contributed by atoms with E-state index in [2.05, 4.69) is 21.3 Å². The lowest BCUT2D eigenvalue weighted by molar-refractivity contribution is -0.117. The molecule has 2 aromatic rings. The van der Waals surface area contributed by atoms with E-state index in [1.54, 1.807) is 17.5 Å². The fraction of sp³-hybridized carbons (Fsp3) is 0.529. The van der Waals surface area contributed by atoms with Gasteiger partial charge in [0.25, 0.3) is 0 Å². The molecule has 24 heavy (non-hydrogen) atoms. The van der Waals surface area contributed by atoms with Crippen LogP contribution in [0.5, 0.6) is 0 Å². The maximum Gasteiger partial charge on any atom is 0.228 e. The van der Waals surface area contributed by atoms with Crippen molar-refractivity contribution in [3.8, 4) is 6.07 Å². The minimum Gasteiger partial charge on any atom is -0.346 e. The third-order valence-corrected chi connectivity index (χ3v) is 5.86. The highest BCUT2D eigenvalue weighted by molar-refractivity contribution is 7.22. The van der Waals surface area contributed by atoms with Crippen LogP contribution in [-0.2, 0) is 4.79 Å². The molecular weight excluding hydrogens is 322 g/mol. The van der Waals surface area contributed by atoms with Gasteiger partial charge < -0.3 is 10.2 Å². The molecule has 0 radical (unpaired) electrons. The molecule has 0 unspecified atom stereocenters. The Morgan fingerprint density at radius 1 is 1.54 bits per heavy atom. The van der Waals surface area contributed by atoms with Crippen LogP contribution in [0.4, 0.5) is 10.9 Å². The summed E-state index contributed by atoms with van der Waals surface area (Å²) in [6.07, 6.45) is 5.54. The molecule has 1 N–H and O–H groups in total. The van der Waals surface area contributed by atoms with Crippen LogP contribution in [0.2, 0.25) is 0 Å². The van der Waals surface area contributed by atoms with Gasteiger partial charge in [0, 0.05) is 25.2 Å². The Morgan fingerprint density at radius 3 is 3.12 bits per heavy atom. The van der Waals surface area contributed by atoms with Gasteiger partial charge in [-0.25, -0.2) is 9.97 Å². The molecule has 1 aliphatic heterocycles. The Balaban J connectivity index is 1.63. The summed E-state index contributed by atoms with van der Waals surface area (Å²) in [4.78, 5) is 23.3. The number of anilines is 2. The normalized spacial score (nSPS) is 23.9. The largest absolute Gasteiger partial charge is 0.346 e. The zero-order chi connectivity index (χ0) is 16.7. The molecule has 1 atom stereocenters. The van der Waals surface area contributed by atoms with Crippen molar-refractivity contribution in [3.63, 3.8) is 0 Å². The number of amides is 1. The third kappa shape index (κ3) is 2.82. The number of thiazole rings is 1. The summed E-state index contributed by atoms with van der Waals surface area (Å²) in [6.45, 7) is 3.62. The number of hydrogen-bond donors (Lipinski definition) is 1. The van der Waals surface area contributed by atoms with Crippen LogP contribution >= 0.6 is 11.3 Å². The Bertz CT molecular complexity index is 837. The maximum atomic E-state index is 12.0. The average Bonchev–Trinajstić information content (AvgIpc) is 3.34. The molecule has 2 aromatic heterocycles. The van der Waals surface area contributed by atoms with Gasteiger partial charge in [0.1, 0.15) is 0 Å². The molecule has 6 nitrogen and oxygen atoms in total. The fourth-order valence-corrected chi connectivity index (χ4v) is 4.16. The molecule has 4 rings (SSSR count). The highest BCUT2D eigenvalue weighted by Gasteiger charge is 2.33.